The summed E-state index contributed by atoms with van der Waals surface area (Å²) in [6.45, 7) is 7.21. The zero-order valence-electron chi connectivity index (χ0n) is 14.7. The summed E-state index contributed by atoms with van der Waals surface area (Å²) < 4.78 is 11.8. The van der Waals surface area contributed by atoms with Crippen molar-refractivity contribution in [3.63, 3.8) is 0 Å². The smallest absolute Gasteiger partial charge is 0.191 e. The van der Waals surface area contributed by atoms with Crippen LogP contribution in [0.3, 0.4) is 0 Å². The van der Waals surface area contributed by atoms with Crippen LogP contribution in [0.4, 0.5) is 5.13 Å². The number of rotatable bonds is 6. The zero-order chi connectivity index (χ0) is 16.8. The number of halogens is 1. The van der Waals surface area contributed by atoms with Gasteiger partial charge >= 0.3 is 0 Å². The molecule has 1 aromatic heterocycles. The molecule has 1 aromatic rings. The van der Waals surface area contributed by atoms with Crippen LogP contribution < -0.4 is 15.5 Å². The number of hydrogen-bond acceptors (Lipinski definition) is 5. The molecule has 0 saturated heterocycles. The molecule has 0 fully saturated rings. The van der Waals surface area contributed by atoms with Crippen LogP contribution in [-0.4, -0.2) is 53.3 Å². The SMILES string of the molecule is CN=C(NCCS(=O)C(C)(C)C)NCc1csc(N(C)C)n1.I. The summed E-state index contributed by atoms with van der Waals surface area (Å²) in [7, 11) is 4.82. The van der Waals surface area contributed by atoms with Gasteiger partial charge in [0.05, 0.1) is 12.2 Å². The molecule has 1 unspecified atom stereocenters. The van der Waals surface area contributed by atoms with Crippen molar-refractivity contribution in [2.45, 2.75) is 32.1 Å². The molecule has 0 aliphatic carbocycles. The Balaban J connectivity index is 0.00000484. The standard InChI is InChI=1S/C14H27N5OS2.HI/c1-14(2,3)22(20)8-7-16-12(15-4)17-9-11-10-21-13(18-11)19(5)6;/h10H,7-9H2,1-6H3,(H2,15,16,17);1H. The molecule has 0 saturated carbocycles. The van der Waals surface area contributed by atoms with Crippen LogP contribution in [0.5, 0.6) is 0 Å². The van der Waals surface area contributed by atoms with Crippen molar-refractivity contribution in [2.75, 3.05) is 38.3 Å². The van der Waals surface area contributed by atoms with Crippen LogP contribution in [0.2, 0.25) is 0 Å². The van der Waals surface area contributed by atoms with Gasteiger partial charge in [-0.1, -0.05) is 0 Å². The summed E-state index contributed by atoms with van der Waals surface area (Å²) in [5.41, 5.74) is 0.981. The maximum absolute atomic E-state index is 12.0. The Morgan fingerprint density at radius 1 is 1.39 bits per heavy atom. The minimum atomic E-state index is -0.859. The van der Waals surface area contributed by atoms with E-state index in [1.54, 1.807) is 18.4 Å². The van der Waals surface area contributed by atoms with Crippen LogP contribution in [0, 0.1) is 0 Å². The topological polar surface area (TPSA) is 69.6 Å². The fraction of sp³-hybridized carbons (Fsp3) is 0.714. The van der Waals surface area contributed by atoms with Gasteiger partial charge in [-0.3, -0.25) is 9.20 Å². The Morgan fingerprint density at radius 2 is 2.04 bits per heavy atom. The first-order chi connectivity index (χ1) is 10.2. The van der Waals surface area contributed by atoms with E-state index in [1.165, 1.54) is 0 Å². The fourth-order valence-corrected chi connectivity index (χ4v) is 3.20. The summed E-state index contributed by atoms with van der Waals surface area (Å²) in [4.78, 5) is 10.7. The molecule has 1 rings (SSSR count). The lowest BCUT2D eigenvalue weighted by molar-refractivity contribution is 0.647. The maximum Gasteiger partial charge on any atom is 0.191 e. The van der Waals surface area contributed by atoms with E-state index < -0.39 is 10.8 Å². The van der Waals surface area contributed by atoms with Gasteiger partial charge in [0.15, 0.2) is 11.1 Å². The van der Waals surface area contributed by atoms with Crippen molar-refractivity contribution >= 4 is 57.2 Å². The van der Waals surface area contributed by atoms with Gasteiger partial charge in [-0.15, -0.1) is 35.3 Å². The second kappa shape index (κ2) is 10.4. The number of guanidine groups is 1. The highest BCUT2D eigenvalue weighted by molar-refractivity contribution is 14.0. The zero-order valence-corrected chi connectivity index (χ0v) is 18.6. The summed E-state index contributed by atoms with van der Waals surface area (Å²) in [6, 6.07) is 0. The third-order valence-corrected chi connectivity index (χ3v) is 5.84. The Labute approximate surface area is 163 Å². The molecule has 134 valence electrons. The van der Waals surface area contributed by atoms with Crippen molar-refractivity contribution in [2.24, 2.45) is 4.99 Å². The summed E-state index contributed by atoms with van der Waals surface area (Å²) in [5.74, 6) is 1.30. The van der Waals surface area contributed by atoms with Crippen molar-refractivity contribution in [1.82, 2.24) is 15.6 Å². The first-order valence-electron chi connectivity index (χ1n) is 7.18. The van der Waals surface area contributed by atoms with E-state index in [1.807, 2.05) is 45.1 Å². The molecule has 0 aromatic carbocycles. The van der Waals surface area contributed by atoms with Gasteiger partial charge in [0, 0.05) is 54.4 Å². The molecule has 0 bridgehead atoms. The predicted octanol–water partition coefficient (Wildman–Crippen LogP) is 2.04. The Bertz CT molecular complexity index is 525. The number of aliphatic imine (C=N–C) groups is 1. The van der Waals surface area contributed by atoms with Gasteiger partial charge in [-0.2, -0.15) is 0 Å². The number of nitrogens with zero attached hydrogens (tertiary/aromatic N) is 3. The fourth-order valence-electron chi connectivity index (χ4n) is 1.55. The lowest BCUT2D eigenvalue weighted by Gasteiger charge is -2.18. The van der Waals surface area contributed by atoms with Crippen LogP contribution in [-0.2, 0) is 17.3 Å². The lowest BCUT2D eigenvalue weighted by Crippen LogP contribution is -2.40. The second-order valence-electron chi connectivity index (χ2n) is 6.03. The van der Waals surface area contributed by atoms with Crippen molar-refractivity contribution in [3.8, 4) is 0 Å². The summed E-state index contributed by atoms with van der Waals surface area (Å²) in [5, 5.41) is 9.42. The molecule has 0 aliphatic rings. The molecular formula is C14H28IN5OS2. The van der Waals surface area contributed by atoms with E-state index in [0.29, 0.717) is 24.8 Å². The summed E-state index contributed by atoms with van der Waals surface area (Å²) in [6.07, 6.45) is 0. The number of hydrogen-bond donors (Lipinski definition) is 2. The van der Waals surface area contributed by atoms with Gasteiger partial charge in [0.1, 0.15) is 0 Å². The molecule has 1 atom stereocenters. The number of nitrogens with one attached hydrogen (secondary N) is 2. The Kier molecular flexibility index (Phi) is 10.3. The average Bonchev–Trinajstić information content (AvgIpc) is 2.90. The first kappa shape index (κ1) is 22.6. The largest absolute Gasteiger partial charge is 0.355 e. The number of aromatic nitrogens is 1. The highest BCUT2D eigenvalue weighted by Gasteiger charge is 2.18. The van der Waals surface area contributed by atoms with E-state index in [4.69, 9.17) is 0 Å². The first-order valence-corrected chi connectivity index (χ1v) is 9.38. The van der Waals surface area contributed by atoms with Gasteiger partial charge in [0.2, 0.25) is 0 Å². The average molecular weight is 473 g/mol. The molecule has 0 radical (unpaired) electrons. The molecule has 6 nitrogen and oxygen atoms in total. The highest BCUT2D eigenvalue weighted by Crippen LogP contribution is 2.17. The quantitative estimate of drug-likeness (QED) is 0.376. The number of anilines is 1. The van der Waals surface area contributed by atoms with Gasteiger partial charge in [0.25, 0.3) is 0 Å². The van der Waals surface area contributed by atoms with Gasteiger partial charge < -0.3 is 15.5 Å². The molecule has 1 heterocycles. The van der Waals surface area contributed by atoms with Crippen LogP contribution in [0.1, 0.15) is 26.5 Å². The van der Waals surface area contributed by atoms with Crippen LogP contribution in [0.25, 0.3) is 0 Å². The predicted molar refractivity (Wildman–Crippen MR) is 113 cm³/mol. The van der Waals surface area contributed by atoms with Crippen LogP contribution in [0.15, 0.2) is 10.4 Å². The second-order valence-corrected chi connectivity index (χ2v) is 9.19. The minimum Gasteiger partial charge on any atom is -0.355 e. The van der Waals surface area contributed by atoms with E-state index >= 15 is 0 Å². The van der Waals surface area contributed by atoms with E-state index in [2.05, 4.69) is 20.6 Å². The number of thiazole rings is 1. The van der Waals surface area contributed by atoms with Gasteiger partial charge in [-0.05, 0) is 20.8 Å². The van der Waals surface area contributed by atoms with Crippen molar-refractivity contribution < 1.29 is 4.21 Å². The molecule has 0 aliphatic heterocycles. The molecule has 9 heteroatoms. The van der Waals surface area contributed by atoms with Gasteiger partial charge in [-0.25, -0.2) is 4.98 Å². The van der Waals surface area contributed by atoms with Crippen LogP contribution >= 0.6 is 35.3 Å². The highest BCUT2D eigenvalue weighted by atomic mass is 127. The third kappa shape index (κ3) is 8.30. The van der Waals surface area contributed by atoms with Crippen molar-refractivity contribution in [3.05, 3.63) is 11.1 Å². The maximum atomic E-state index is 12.0. The third-order valence-electron chi connectivity index (χ3n) is 2.85. The van der Waals surface area contributed by atoms with E-state index in [-0.39, 0.29) is 28.7 Å². The monoisotopic (exact) mass is 473 g/mol. The Hall–Kier alpha value is -0.420. The molecule has 2 N–H and O–H groups in total. The van der Waals surface area contributed by atoms with E-state index in [0.717, 1.165) is 10.8 Å². The summed E-state index contributed by atoms with van der Waals surface area (Å²) >= 11 is 1.62. The molecule has 0 spiro atoms. The lowest BCUT2D eigenvalue weighted by atomic mass is 10.3. The molecule has 0 amide bonds. The minimum absolute atomic E-state index is 0. The normalized spacial score (nSPS) is 13.2. The Morgan fingerprint density at radius 3 is 2.52 bits per heavy atom. The van der Waals surface area contributed by atoms with E-state index in [9.17, 15) is 4.21 Å². The van der Waals surface area contributed by atoms with Crippen molar-refractivity contribution in [1.29, 1.82) is 0 Å². The molecular weight excluding hydrogens is 445 g/mol. The molecule has 23 heavy (non-hydrogen) atoms.